The van der Waals surface area contributed by atoms with Crippen LogP contribution in [0.2, 0.25) is 5.02 Å². The number of amides is 1. The molecule has 23 heavy (non-hydrogen) atoms. The second-order valence-corrected chi connectivity index (χ2v) is 4.77. The lowest BCUT2D eigenvalue weighted by Crippen LogP contribution is -2.46. The van der Waals surface area contributed by atoms with Gasteiger partial charge in [-0.1, -0.05) is 11.6 Å². The Morgan fingerprint density at radius 1 is 1.39 bits per heavy atom. The molecule has 0 aromatic heterocycles. The number of carbonyl (C=O) groups excluding carboxylic acids is 2. The number of esters is 1. The number of rotatable bonds is 5. The Bertz CT molecular complexity index is 583. The van der Waals surface area contributed by atoms with Gasteiger partial charge in [0.1, 0.15) is 6.04 Å². The van der Waals surface area contributed by atoms with Crippen molar-refractivity contribution in [1.29, 1.82) is 0 Å². The van der Waals surface area contributed by atoms with Crippen LogP contribution in [0.1, 0.15) is 23.7 Å². The number of phenols is 1. The van der Waals surface area contributed by atoms with Crippen LogP contribution in [0.4, 0.5) is 17.6 Å². The molecule has 0 radical (unpaired) electrons. The molecule has 0 aliphatic rings. The Hall–Kier alpha value is -2.03. The van der Waals surface area contributed by atoms with Crippen molar-refractivity contribution in [3.8, 4) is 5.75 Å². The van der Waals surface area contributed by atoms with Gasteiger partial charge in [-0.2, -0.15) is 13.2 Å². The van der Waals surface area contributed by atoms with Crippen LogP contribution in [-0.2, 0) is 9.53 Å². The van der Waals surface area contributed by atoms with E-state index in [1.165, 1.54) is 6.92 Å². The fourth-order valence-electron chi connectivity index (χ4n) is 1.57. The third-order valence-electron chi connectivity index (χ3n) is 2.66. The van der Waals surface area contributed by atoms with Crippen LogP contribution in [0.5, 0.6) is 5.75 Å². The van der Waals surface area contributed by atoms with Gasteiger partial charge in [0.05, 0.1) is 18.1 Å². The summed E-state index contributed by atoms with van der Waals surface area (Å²) < 4.78 is 56.2. The molecule has 0 aliphatic heterocycles. The van der Waals surface area contributed by atoms with E-state index < -0.39 is 52.7 Å². The number of carbonyl (C=O) groups is 2. The lowest BCUT2D eigenvalue weighted by molar-refractivity contribution is -0.167. The summed E-state index contributed by atoms with van der Waals surface area (Å²) in [7, 11) is 0. The van der Waals surface area contributed by atoms with Gasteiger partial charge in [-0.15, -0.1) is 0 Å². The van der Waals surface area contributed by atoms with Gasteiger partial charge in [0.25, 0.3) is 5.91 Å². The number of ether oxygens (including phenoxy) is 1. The highest BCUT2D eigenvalue weighted by atomic mass is 35.5. The van der Waals surface area contributed by atoms with Gasteiger partial charge in [-0.05, 0) is 19.1 Å². The highest BCUT2D eigenvalue weighted by Gasteiger charge is 2.42. The van der Waals surface area contributed by atoms with Crippen molar-refractivity contribution >= 4 is 23.5 Å². The first-order chi connectivity index (χ1) is 10.6. The molecule has 1 rings (SSSR count). The minimum absolute atomic E-state index is 0.115. The largest absolute Gasteiger partial charge is 0.504 e. The maximum atomic E-state index is 13.3. The number of hydrogen-bond acceptors (Lipinski definition) is 4. The highest BCUT2D eigenvalue weighted by Crippen LogP contribution is 2.28. The monoisotopic (exact) mass is 357 g/mol. The third kappa shape index (κ3) is 5.27. The molecular formula is C13H12ClF4NO4. The van der Waals surface area contributed by atoms with E-state index in [0.717, 1.165) is 6.07 Å². The van der Waals surface area contributed by atoms with Crippen LogP contribution in [0.15, 0.2) is 12.1 Å². The van der Waals surface area contributed by atoms with Crippen molar-refractivity contribution < 1.29 is 37.0 Å². The SMILES string of the molecule is CCOC(=O)CC(NC(=O)c1cc(F)c(O)c(Cl)c1)C(F)(F)F. The first-order valence-electron chi connectivity index (χ1n) is 6.27. The summed E-state index contributed by atoms with van der Waals surface area (Å²) in [6.45, 7) is 1.30. The normalized spacial score (nSPS) is 12.6. The van der Waals surface area contributed by atoms with E-state index in [1.807, 2.05) is 0 Å². The Morgan fingerprint density at radius 3 is 2.48 bits per heavy atom. The summed E-state index contributed by atoms with van der Waals surface area (Å²) >= 11 is 5.45. The Morgan fingerprint density at radius 2 is 2.00 bits per heavy atom. The first-order valence-corrected chi connectivity index (χ1v) is 6.65. The average Bonchev–Trinajstić information content (AvgIpc) is 2.42. The molecule has 2 N–H and O–H groups in total. The van der Waals surface area contributed by atoms with Gasteiger partial charge in [0.15, 0.2) is 11.6 Å². The molecule has 1 atom stereocenters. The number of hydrogen-bond donors (Lipinski definition) is 2. The predicted octanol–water partition coefficient (Wildman–Crippen LogP) is 2.80. The van der Waals surface area contributed by atoms with Crippen LogP contribution in [-0.4, -0.2) is 35.8 Å². The molecule has 0 saturated heterocycles. The minimum Gasteiger partial charge on any atom is -0.504 e. The standard InChI is InChI=1S/C13H12ClF4NO4/c1-2-23-10(20)5-9(13(16,17)18)19-12(22)6-3-7(14)11(21)8(15)4-6/h3-4,9,21H,2,5H2,1H3,(H,19,22). The summed E-state index contributed by atoms with van der Waals surface area (Å²) in [4.78, 5) is 23.0. The zero-order valence-electron chi connectivity index (χ0n) is 11.7. The van der Waals surface area contributed by atoms with Crippen LogP contribution in [0.3, 0.4) is 0 Å². The van der Waals surface area contributed by atoms with Crippen LogP contribution >= 0.6 is 11.6 Å². The quantitative estimate of drug-likeness (QED) is 0.627. The van der Waals surface area contributed by atoms with Crippen molar-refractivity contribution in [2.24, 2.45) is 0 Å². The molecule has 0 aliphatic carbocycles. The van der Waals surface area contributed by atoms with Crippen molar-refractivity contribution in [3.63, 3.8) is 0 Å². The molecule has 5 nitrogen and oxygen atoms in total. The molecule has 128 valence electrons. The number of alkyl halides is 3. The summed E-state index contributed by atoms with van der Waals surface area (Å²) in [5.41, 5.74) is -0.539. The van der Waals surface area contributed by atoms with Crippen molar-refractivity contribution in [3.05, 3.63) is 28.5 Å². The number of halogens is 5. The summed E-state index contributed by atoms with van der Waals surface area (Å²) in [6, 6.07) is -1.19. The van der Waals surface area contributed by atoms with Gasteiger partial charge in [0.2, 0.25) is 0 Å². The van der Waals surface area contributed by atoms with Gasteiger partial charge >= 0.3 is 12.1 Å². The lowest BCUT2D eigenvalue weighted by atomic mass is 10.1. The maximum absolute atomic E-state index is 13.3. The van der Waals surface area contributed by atoms with E-state index in [9.17, 15) is 27.2 Å². The molecular weight excluding hydrogens is 346 g/mol. The van der Waals surface area contributed by atoms with Crippen LogP contribution < -0.4 is 5.32 Å². The maximum Gasteiger partial charge on any atom is 0.409 e. The molecule has 10 heteroatoms. The molecule has 0 bridgehead atoms. The van der Waals surface area contributed by atoms with E-state index in [2.05, 4.69) is 4.74 Å². The number of aromatic hydroxyl groups is 1. The van der Waals surface area contributed by atoms with Crippen molar-refractivity contribution in [2.45, 2.75) is 25.6 Å². The molecule has 0 fully saturated rings. The third-order valence-corrected chi connectivity index (χ3v) is 2.94. The summed E-state index contributed by atoms with van der Waals surface area (Å²) in [6.07, 6.45) is -6.04. The van der Waals surface area contributed by atoms with E-state index in [1.54, 1.807) is 5.32 Å². The average molecular weight is 358 g/mol. The highest BCUT2D eigenvalue weighted by molar-refractivity contribution is 6.32. The number of benzene rings is 1. The van der Waals surface area contributed by atoms with E-state index in [4.69, 9.17) is 16.7 Å². The fourth-order valence-corrected chi connectivity index (χ4v) is 1.78. The Balaban J connectivity index is 2.95. The van der Waals surface area contributed by atoms with Gasteiger partial charge in [0, 0.05) is 5.56 Å². The summed E-state index contributed by atoms with van der Waals surface area (Å²) in [5, 5.41) is 10.1. The number of phenolic OH excluding ortho intramolecular Hbond substituents is 1. The van der Waals surface area contributed by atoms with Crippen molar-refractivity contribution in [2.75, 3.05) is 6.61 Å². The van der Waals surface area contributed by atoms with Gasteiger partial charge in [-0.25, -0.2) is 4.39 Å². The molecule has 1 amide bonds. The smallest absolute Gasteiger partial charge is 0.409 e. The predicted molar refractivity (Wildman–Crippen MR) is 71.6 cm³/mol. The number of nitrogens with one attached hydrogen (secondary N) is 1. The molecule has 1 aromatic rings. The molecule has 1 unspecified atom stereocenters. The van der Waals surface area contributed by atoms with Crippen molar-refractivity contribution in [1.82, 2.24) is 5.32 Å². The fraction of sp³-hybridized carbons (Fsp3) is 0.385. The molecule has 0 spiro atoms. The van der Waals surface area contributed by atoms with Gasteiger partial charge in [-0.3, -0.25) is 9.59 Å². The second-order valence-electron chi connectivity index (χ2n) is 4.37. The van der Waals surface area contributed by atoms with Gasteiger partial charge < -0.3 is 15.2 Å². The second kappa shape index (κ2) is 7.49. The van der Waals surface area contributed by atoms with Crippen LogP contribution in [0.25, 0.3) is 0 Å². The summed E-state index contributed by atoms with van der Waals surface area (Å²) in [5.74, 6) is -4.65. The molecule has 1 aromatic carbocycles. The zero-order valence-corrected chi connectivity index (χ0v) is 12.5. The van der Waals surface area contributed by atoms with Crippen LogP contribution in [0, 0.1) is 5.82 Å². The van der Waals surface area contributed by atoms with E-state index in [0.29, 0.717) is 6.07 Å². The van der Waals surface area contributed by atoms with E-state index >= 15 is 0 Å². The zero-order chi connectivity index (χ0) is 17.8. The lowest BCUT2D eigenvalue weighted by Gasteiger charge is -2.21. The Kier molecular flexibility index (Phi) is 6.20. The first kappa shape index (κ1) is 19.0. The molecule has 0 saturated carbocycles. The topological polar surface area (TPSA) is 75.6 Å². The minimum atomic E-state index is -4.92. The molecule has 0 heterocycles. The van der Waals surface area contributed by atoms with E-state index in [-0.39, 0.29) is 6.61 Å². The Labute approximate surface area is 133 Å².